The number of esters is 1. The quantitative estimate of drug-likeness (QED) is 0.512. The zero-order chi connectivity index (χ0) is 17.7. The van der Waals surface area contributed by atoms with Gasteiger partial charge in [0.2, 0.25) is 0 Å². The molecule has 0 spiro atoms. The van der Waals surface area contributed by atoms with E-state index in [1.165, 1.54) is 17.7 Å². The van der Waals surface area contributed by atoms with Crippen LogP contribution in [0.25, 0.3) is 0 Å². The first-order chi connectivity index (χ1) is 11.5. The molecular formula is C17H28N4O2S. The molecule has 1 saturated heterocycles. The molecule has 2 heterocycles. The lowest BCUT2D eigenvalue weighted by molar-refractivity contribution is -0.146. The summed E-state index contributed by atoms with van der Waals surface area (Å²) in [6, 6.07) is 0. The minimum atomic E-state index is -0.0999. The molecule has 2 rings (SSSR count). The molecule has 1 aliphatic rings. The standard InChI is InChI=1S/C17H28N4O2S/c1-11(2)15-12(3)24-14(20-15)10-19-17(18-4)21-8-6-13(7-9-21)16(22)23-5/h11,13H,6-10H2,1-5H3,(H,18,19). The average molecular weight is 353 g/mol. The van der Waals surface area contributed by atoms with Crippen molar-refractivity contribution in [1.82, 2.24) is 15.2 Å². The van der Waals surface area contributed by atoms with Gasteiger partial charge in [0.15, 0.2) is 5.96 Å². The first-order valence-corrected chi connectivity index (χ1v) is 9.27. The number of piperidine rings is 1. The van der Waals surface area contributed by atoms with E-state index in [2.05, 4.69) is 36.0 Å². The third kappa shape index (κ3) is 4.47. The average Bonchev–Trinajstić information content (AvgIpc) is 2.96. The summed E-state index contributed by atoms with van der Waals surface area (Å²) in [6.07, 6.45) is 1.61. The van der Waals surface area contributed by atoms with Crippen LogP contribution in [0.1, 0.15) is 48.2 Å². The molecule has 1 aliphatic heterocycles. The minimum Gasteiger partial charge on any atom is -0.469 e. The number of aliphatic imine (C=N–C) groups is 1. The summed E-state index contributed by atoms with van der Waals surface area (Å²) in [5.74, 6) is 1.24. The highest BCUT2D eigenvalue weighted by Crippen LogP contribution is 2.24. The molecule has 0 atom stereocenters. The van der Waals surface area contributed by atoms with Gasteiger partial charge >= 0.3 is 5.97 Å². The summed E-state index contributed by atoms with van der Waals surface area (Å²) in [5, 5.41) is 4.49. The SMILES string of the molecule is CN=C(NCc1nc(C(C)C)c(C)s1)N1CCC(C(=O)OC)CC1. The van der Waals surface area contributed by atoms with E-state index in [1.807, 2.05) is 0 Å². The van der Waals surface area contributed by atoms with E-state index in [0.717, 1.165) is 36.9 Å². The van der Waals surface area contributed by atoms with Crippen LogP contribution in [-0.2, 0) is 16.1 Å². The summed E-state index contributed by atoms with van der Waals surface area (Å²) in [6.45, 7) is 8.78. The van der Waals surface area contributed by atoms with Crippen LogP contribution in [0.15, 0.2) is 4.99 Å². The number of likely N-dealkylation sites (tertiary alicyclic amines) is 1. The van der Waals surface area contributed by atoms with Crippen molar-refractivity contribution in [3.63, 3.8) is 0 Å². The highest BCUT2D eigenvalue weighted by molar-refractivity contribution is 7.11. The predicted octanol–water partition coefficient (Wildman–Crippen LogP) is 2.54. The van der Waals surface area contributed by atoms with E-state index in [0.29, 0.717) is 12.5 Å². The van der Waals surface area contributed by atoms with Gasteiger partial charge in [-0.3, -0.25) is 9.79 Å². The Kier molecular flexibility index (Phi) is 6.60. The van der Waals surface area contributed by atoms with Gasteiger partial charge < -0.3 is 15.0 Å². The van der Waals surface area contributed by atoms with Crippen LogP contribution >= 0.6 is 11.3 Å². The first-order valence-electron chi connectivity index (χ1n) is 8.45. The largest absolute Gasteiger partial charge is 0.469 e. The number of carbonyl (C=O) groups excluding carboxylic acids is 1. The topological polar surface area (TPSA) is 66.8 Å². The number of aromatic nitrogens is 1. The molecule has 0 amide bonds. The lowest BCUT2D eigenvalue weighted by Gasteiger charge is -2.33. The molecule has 1 fully saturated rings. The number of methoxy groups -OCH3 is 1. The summed E-state index contributed by atoms with van der Waals surface area (Å²) < 4.78 is 4.84. The molecule has 0 aliphatic carbocycles. The second-order valence-electron chi connectivity index (χ2n) is 6.39. The zero-order valence-electron chi connectivity index (χ0n) is 15.3. The molecule has 1 aromatic heterocycles. The lowest BCUT2D eigenvalue weighted by atomic mass is 9.97. The van der Waals surface area contributed by atoms with Crippen molar-refractivity contribution in [1.29, 1.82) is 0 Å². The molecule has 0 radical (unpaired) electrons. The Morgan fingerprint density at radius 1 is 1.46 bits per heavy atom. The molecule has 0 aromatic carbocycles. The van der Waals surface area contributed by atoms with Gasteiger partial charge in [-0.05, 0) is 25.7 Å². The number of aryl methyl sites for hydroxylation is 1. The highest BCUT2D eigenvalue weighted by Gasteiger charge is 2.27. The minimum absolute atomic E-state index is 0.0135. The van der Waals surface area contributed by atoms with Crippen LogP contribution in [-0.4, -0.2) is 49.1 Å². The van der Waals surface area contributed by atoms with Crippen molar-refractivity contribution in [2.75, 3.05) is 27.2 Å². The van der Waals surface area contributed by atoms with Crippen LogP contribution in [0.5, 0.6) is 0 Å². The molecular weight excluding hydrogens is 324 g/mol. The molecule has 0 unspecified atom stereocenters. The Hall–Kier alpha value is -1.63. The van der Waals surface area contributed by atoms with Gasteiger partial charge in [0.05, 0.1) is 25.3 Å². The second-order valence-corrected chi connectivity index (χ2v) is 7.68. The number of thiazole rings is 1. The molecule has 24 heavy (non-hydrogen) atoms. The number of rotatable bonds is 4. The van der Waals surface area contributed by atoms with Crippen LogP contribution < -0.4 is 5.32 Å². The van der Waals surface area contributed by atoms with Crippen molar-refractivity contribution < 1.29 is 9.53 Å². The molecule has 7 heteroatoms. The number of guanidine groups is 1. The smallest absolute Gasteiger partial charge is 0.308 e. The molecule has 6 nitrogen and oxygen atoms in total. The highest BCUT2D eigenvalue weighted by atomic mass is 32.1. The Bertz CT molecular complexity index is 589. The Morgan fingerprint density at radius 2 is 2.12 bits per heavy atom. The van der Waals surface area contributed by atoms with Crippen LogP contribution in [0.4, 0.5) is 0 Å². The van der Waals surface area contributed by atoms with Gasteiger partial charge in [-0.2, -0.15) is 0 Å². The normalized spacial score (nSPS) is 16.6. The molecule has 0 bridgehead atoms. The van der Waals surface area contributed by atoms with E-state index < -0.39 is 0 Å². The van der Waals surface area contributed by atoms with Gasteiger partial charge in [0.1, 0.15) is 5.01 Å². The Labute approximate surface area is 148 Å². The fourth-order valence-electron chi connectivity index (χ4n) is 3.06. The number of carbonyl (C=O) groups is 1. The maximum Gasteiger partial charge on any atom is 0.308 e. The molecule has 134 valence electrons. The van der Waals surface area contributed by atoms with Crippen molar-refractivity contribution in [3.05, 3.63) is 15.6 Å². The van der Waals surface area contributed by atoms with Crippen molar-refractivity contribution in [3.8, 4) is 0 Å². The maximum absolute atomic E-state index is 11.6. The number of hydrogen-bond acceptors (Lipinski definition) is 5. The van der Waals surface area contributed by atoms with E-state index in [4.69, 9.17) is 9.72 Å². The fourth-order valence-corrected chi connectivity index (χ4v) is 4.08. The number of nitrogens with one attached hydrogen (secondary N) is 1. The molecule has 1 N–H and O–H groups in total. The number of hydrogen-bond donors (Lipinski definition) is 1. The van der Waals surface area contributed by atoms with Crippen molar-refractivity contribution in [2.24, 2.45) is 10.9 Å². The molecule has 1 aromatic rings. The van der Waals surface area contributed by atoms with Gasteiger partial charge in [0.25, 0.3) is 0 Å². The molecule has 0 saturated carbocycles. The third-order valence-corrected chi connectivity index (χ3v) is 5.35. The fraction of sp³-hybridized carbons (Fsp3) is 0.706. The second kappa shape index (κ2) is 8.46. The van der Waals surface area contributed by atoms with Gasteiger partial charge in [-0.1, -0.05) is 13.8 Å². The van der Waals surface area contributed by atoms with Crippen LogP contribution in [0.3, 0.4) is 0 Å². The maximum atomic E-state index is 11.6. The first kappa shape index (κ1) is 18.7. The predicted molar refractivity (Wildman–Crippen MR) is 97.5 cm³/mol. The monoisotopic (exact) mass is 352 g/mol. The van der Waals surface area contributed by atoms with Crippen molar-refractivity contribution in [2.45, 2.75) is 46.1 Å². The lowest BCUT2D eigenvalue weighted by Crippen LogP contribution is -2.46. The summed E-state index contributed by atoms with van der Waals surface area (Å²) in [5.41, 5.74) is 1.19. The van der Waals surface area contributed by atoms with E-state index in [9.17, 15) is 4.79 Å². The van der Waals surface area contributed by atoms with Gasteiger partial charge in [-0.25, -0.2) is 4.98 Å². The van der Waals surface area contributed by atoms with Crippen molar-refractivity contribution >= 4 is 23.3 Å². The van der Waals surface area contributed by atoms with Crippen LogP contribution in [0, 0.1) is 12.8 Å². The van der Waals surface area contributed by atoms with E-state index >= 15 is 0 Å². The number of nitrogens with zero attached hydrogens (tertiary/aromatic N) is 3. The zero-order valence-corrected chi connectivity index (χ0v) is 16.1. The van der Waals surface area contributed by atoms with Gasteiger partial charge in [0, 0.05) is 25.0 Å². The number of ether oxygens (including phenoxy) is 1. The summed E-state index contributed by atoms with van der Waals surface area (Å²) in [7, 11) is 3.25. The van der Waals surface area contributed by atoms with Gasteiger partial charge in [-0.15, -0.1) is 11.3 Å². The Balaban J connectivity index is 1.89. The summed E-state index contributed by atoms with van der Waals surface area (Å²) in [4.78, 5) is 24.2. The van der Waals surface area contributed by atoms with Crippen LogP contribution in [0.2, 0.25) is 0 Å². The van der Waals surface area contributed by atoms with E-state index in [1.54, 1.807) is 18.4 Å². The van der Waals surface area contributed by atoms with E-state index in [-0.39, 0.29) is 11.9 Å². The summed E-state index contributed by atoms with van der Waals surface area (Å²) >= 11 is 1.74. The Morgan fingerprint density at radius 3 is 2.62 bits per heavy atom. The third-order valence-electron chi connectivity index (χ3n) is 4.36.